The van der Waals surface area contributed by atoms with E-state index in [-0.39, 0.29) is 0 Å². The van der Waals surface area contributed by atoms with Crippen molar-refractivity contribution in [3.63, 3.8) is 0 Å². The molecule has 0 N–H and O–H groups in total. The maximum absolute atomic E-state index is 5.53. The lowest BCUT2D eigenvalue weighted by molar-refractivity contribution is 1.28. The zero-order valence-electron chi connectivity index (χ0n) is 28.7. The molecule has 0 spiro atoms. The summed E-state index contributed by atoms with van der Waals surface area (Å²) in [5, 5.41) is 7.53. The smallest absolute Gasteiger partial charge is 0.119 e. The van der Waals surface area contributed by atoms with Gasteiger partial charge in [0, 0.05) is 11.1 Å². The van der Waals surface area contributed by atoms with E-state index in [4.69, 9.17) is 9.97 Å². The van der Waals surface area contributed by atoms with Gasteiger partial charge in [-0.05, 0) is 78.5 Å². The van der Waals surface area contributed by atoms with E-state index in [0.717, 1.165) is 33.9 Å². The van der Waals surface area contributed by atoms with Gasteiger partial charge in [-0.15, -0.1) is 0 Å². The molecule has 0 saturated heterocycles. The molecule has 0 atom stereocenters. The third kappa shape index (κ3) is 5.34. The van der Waals surface area contributed by atoms with Crippen molar-refractivity contribution in [1.29, 1.82) is 0 Å². The fraction of sp³-hybridized carbons (Fsp3) is 0.0417. The second kappa shape index (κ2) is 12.6. The van der Waals surface area contributed by atoms with Gasteiger partial charge in [0.15, 0.2) is 0 Å². The number of rotatable bonds is 6. The summed E-state index contributed by atoms with van der Waals surface area (Å²) in [6.45, 7) is 4.96. The molecule has 0 amide bonds. The largest absolute Gasteiger partial charge is 0.248 e. The number of allylic oxidation sites excluding steroid dienone is 2. The number of fused-ring (bicyclic) bond motifs is 2. The molecule has 0 fully saturated rings. The van der Waals surface area contributed by atoms with Crippen molar-refractivity contribution < 1.29 is 0 Å². The highest BCUT2D eigenvalue weighted by Gasteiger charge is 2.45. The normalized spacial score (nSPS) is 14.1. The van der Waals surface area contributed by atoms with Gasteiger partial charge >= 0.3 is 0 Å². The van der Waals surface area contributed by atoms with E-state index in [1.807, 2.05) is 0 Å². The first-order chi connectivity index (χ1) is 25.1. The van der Waals surface area contributed by atoms with E-state index < -0.39 is 8.07 Å². The van der Waals surface area contributed by atoms with Crippen molar-refractivity contribution in [3.05, 3.63) is 205 Å². The van der Waals surface area contributed by atoms with Crippen LogP contribution in [0.1, 0.15) is 22.5 Å². The summed E-state index contributed by atoms with van der Waals surface area (Å²) in [5.41, 5.74) is 11.2. The molecular formula is C48H36N2Si. The Morgan fingerprint density at radius 3 is 1.14 bits per heavy atom. The molecular weight excluding hydrogens is 633 g/mol. The van der Waals surface area contributed by atoms with E-state index in [1.54, 1.807) is 0 Å². The lowest BCUT2D eigenvalue weighted by Crippen LogP contribution is -2.29. The average molecular weight is 669 g/mol. The van der Waals surface area contributed by atoms with E-state index >= 15 is 0 Å². The fourth-order valence-corrected chi connectivity index (χ4v) is 11.6. The minimum Gasteiger partial charge on any atom is -0.248 e. The van der Waals surface area contributed by atoms with E-state index in [2.05, 4.69) is 195 Å². The number of aromatic nitrogens is 2. The number of hydrogen-bond donors (Lipinski definition) is 0. The van der Waals surface area contributed by atoms with Crippen molar-refractivity contribution in [2.24, 2.45) is 0 Å². The molecule has 242 valence electrons. The van der Waals surface area contributed by atoms with Crippen molar-refractivity contribution in [2.45, 2.75) is 13.1 Å². The quantitative estimate of drug-likeness (QED) is 0.165. The first-order valence-corrected chi connectivity index (χ1v) is 20.6. The Morgan fingerprint density at radius 2 is 0.686 bits per heavy atom. The molecule has 0 bridgehead atoms. The topological polar surface area (TPSA) is 25.8 Å². The van der Waals surface area contributed by atoms with Crippen LogP contribution in [0.5, 0.6) is 0 Å². The highest BCUT2D eigenvalue weighted by Crippen LogP contribution is 2.55. The van der Waals surface area contributed by atoms with Crippen LogP contribution in [0.3, 0.4) is 0 Å². The Hall–Kier alpha value is -6.16. The van der Waals surface area contributed by atoms with Gasteiger partial charge in [-0.25, -0.2) is 9.97 Å². The Labute approximate surface area is 300 Å². The molecule has 1 aliphatic rings. The lowest BCUT2D eigenvalue weighted by atomic mass is 9.90. The van der Waals surface area contributed by atoms with Crippen molar-refractivity contribution in [3.8, 4) is 22.5 Å². The SMILES string of the molecule is C[Si]1(C)C(c2cccc(-c3cccc4ccccc34)n2)=C(c2ccccc2)C(c2ccccc2)=C1c1cccc(-c2cccc3ccccc23)n1. The van der Waals surface area contributed by atoms with Gasteiger partial charge in [0.05, 0.1) is 22.8 Å². The van der Waals surface area contributed by atoms with Crippen LogP contribution in [0.2, 0.25) is 13.1 Å². The van der Waals surface area contributed by atoms with Crippen LogP contribution in [0.15, 0.2) is 182 Å². The van der Waals surface area contributed by atoms with Crippen LogP contribution >= 0.6 is 0 Å². The van der Waals surface area contributed by atoms with Crippen LogP contribution in [-0.2, 0) is 0 Å². The Kier molecular flexibility index (Phi) is 7.64. The molecule has 2 nitrogen and oxygen atoms in total. The fourth-order valence-electron chi connectivity index (χ4n) is 8.03. The van der Waals surface area contributed by atoms with Crippen LogP contribution in [0.4, 0.5) is 0 Å². The monoisotopic (exact) mass is 668 g/mol. The molecule has 0 aliphatic carbocycles. The number of nitrogens with zero attached hydrogens (tertiary/aromatic N) is 2. The Morgan fingerprint density at radius 1 is 0.333 bits per heavy atom. The highest BCUT2D eigenvalue weighted by atomic mass is 28.3. The molecule has 51 heavy (non-hydrogen) atoms. The van der Waals surface area contributed by atoms with Crippen molar-refractivity contribution >= 4 is 51.2 Å². The first-order valence-electron chi connectivity index (χ1n) is 17.6. The second-order valence-corrected chi connectivity index (χ2v) is 18.0. The number of pyridine rings is 2. The third-order valence-corrected chi connectivity index (χ3v) is 13.8. The van der Waals surface area contributed by atoms with E-state index in [1.165, 1.54) is 54.2 Å². The molecule has 8 aromatic rings. The minimum atomic E-state index is -2.49. The molecule has 9 rings (SSSR count). The lowest BCUT2D eigenvalue weighted by Gasteiger charge is -2.26. The van der Waals surface area contributed by atoms with Crippen LogP contribution in [0.25, 0.3) is 65.6 Å². The molecule has 0 radical (unpaired) electrons. The third-order valence-electron chi connectivity index (χ3n) is 10.3. The van der Waals surface area contributed by atoms with Gasteiger partial charge in [-0.2, -0.15) is 0 Å². The summed E-state index contributed by atoms with van der Waals surface area (Å²) in [6.07, 6.45) is 0. The van der Waals surface area contributed by atoms with Crippen molar-refractivity contribution in [1.82, 2.24) is 9.97 Å². The van der Waals surface area contributed by atoms with Gasteiger partial charge in [-0.1, -0.05) is 171 Å². The van der Waals surface area contributed by atoms with Crippen LogP contribution in [0, 0.1) is 0 Å². The zero-order chi connectivity index (χ0) is 34.4. The molecule has 1 aliphatic heterocycles. The highest BCUT2D eigenvalue weighted by molar-refractivity contribution is 7.13. The molecule has 0 unspecified atom stereocenters. The molecule has 3 heterocycles. The number of hydrogen-bond acceptors (Lipinski definition) is 2. The van der Waals surface area contributed by atoms with Gasteiger partial charge in [0.25, 0.3) is 0 Å². The Bertz CT molecular complexity index is 2460. The van der Waals surface area contributed by atoms with E-state index in [9.17, 15) is 0 Å². The summed E-state index contributed by atoms with van der Waals surface area (Å²) in [6, 6.07) is 65.1. The summed E-state index contributed by atoms with van der Waals surface area (Å²) in [4.78, 5) is 11.1. The maximum atomic E-state index is 5.53. The minimum absolute atomic E-state index is 0.986. The summed E-state index contributed by atoms with van der Waals surface area (Å²) >= 11 is 0. The summed E-state index contributed by atoms with van der Waals surface area (Å²) in [7, 11) is -2.49. The van der Waals surface area contributed by atoms with Gasteiger partial charge in [-0.3, -0.25) is 0 Å². The predicted octanol–water partition coefficient (Wildman–Crippen LogP) is 12.4. The summed E-state index contributed by atoms with van der Waals surface area (Å²) < 4.78 is 0. The van der Waals surface area contributed by atoms with Crippen molar-refractivity contribution in [2.75, 3.05) is 0 Å². The number of benzene rings is 6. The van der Waals surface area contributed by atoms with Gasteiger partial charge in [0.1, 0.15) is 8.07 Å². The predicted molar refractivity (Wildman–Crippen MR) is 218 cm³/mol. The summed E-state index contributed by atoms with van der Waals surface area (Å²) in [5.74, 6) is 0. The molecule has 3 heteroatoms. The molecule has 6 aromatic carbocycles. The Balaban J connectivity index is 1.30. The first kappa shape index (κ1) is 30.9. The molecule has 0 saturated carbocycles. The standard InChI is InChI=1S/C48H36N2Si/c1-51(2)47(43-31-15-29-41(49-43)39-27-13-23-33-17-9-11-25-37(33)39)45(35-19-5-3-6-20-35)46(36-21-7-4-8-22-36)48(51)44-32-16-30-42(50-44)40-28-14-24-34-18-10-12-26-38(34)40/h3-32H,1-2H3. The molecule has 2 aromatic heterocycles. The van der Waals surface area contributed by atoms with Crippen LogP contribution < -0.4 is 0 Å². The van der Waals surface area contributed by atoms with Crippen LogP contribution in [-0.4, -0.2) is 18.0 Å². The van der Waals surface area contributed by atoms with Gasteiger partial charge < -0.3 is 0 Å². The average Bonchev–Trinajstić information content (AvgIpc) is 3.45. The van der Waals surface area contributed by atoms with E-state index in [0.29, 0.717) is 0 Å². The maximum Gasteiger partial charge on any atom is 0.119 e. The second-order valence-electron chi connectivity index (χ2n) is 13.7. The zero-order valence-corrected chi connectivity index (χ0v) is 29.7. The van der Waals surface area contributed by atoms with Gasteiger partial charge in [0.2, 0.25) is 0 Å².